The lowest BCUT2D eigenvalue weighted by atomic mass is 10.0. The minimum Gasteiger partial charge on any atom is -0.481 e. The Labute approximate surface area is 156 Å². The molecule has 7 heteroatoms. The minimum absolute atomic E-state index is 0.162. The smallest absolute Gasteiger partial charge is 0.305 e. The molecule has 0 radical (unpaired) electrons. The molecule has 154 valence electrons. The SMILES string of the molecule is C[C@@H]1O[C@@H](OCCCCCCCCCC[C@@H](O)CC(=O)O)[C@H](O)C[C@H]1O. The van der Waals surface area contributed by atoms with Crippen molar-refractivity contribution in [3.8, 4) is 0 Å². The molecule has 5 atom stereocenters. The van der Waals surface area contributed by atoms with Crippen LogP contribution in [-0.2, 0) is 14.3 Å². The maximum Gasteiger partial charge on any atom is 0.305 e. The molecule has 7 nitrogen and oxygen atoms in total. The van der Waals surface area contributed by atoms with Gasteiger partial charge in [-0.3, -0.25) is 4.79 Å². The van der Waals surface area contributed by atoms with Crippen LogP contribution in [0.15, 0.2) is 0 Å². The first kappa shape index (κ1) is 23.3. The molecular weight excluding hydrogens is 340 g/mol. The van der Waals surface area contributed by atoms with Crippen LogP contribution < -0.4 is 0 Å². The van der Waals surface area contributed by atoms with Crippen LogP contribution in [0.5, 0.6) is 0 Å². The van der Waals surface area contributed by atoms with Gasteiger partial charge in [0.15, 0.2) is 6.29 Å². The van der Waals surface area contributed by atoms with Crippen molar-refractivity contribution in [2.24, 2.45) is 0 Å². The van der Waals surface area contributed by atoms with E-state index in [1.807, 2.05) is 0 Å². The zero-order valence-electron chi connectivity index (χ0n) is 15.9. The highest BCUT2D eigenvalue weighted by molar-refractivity contribution is 5.67. The van der Waals surface area contributed by atoms with E-state index in [0.29, 0.717) is 19.4 Å². The first-order chi connectivity index (χ1) is 12.4. The predicted molar refractivity (Wildman–Crippen MR) is 96.7 cm³/mol. The topological polar surface area (TPSA) is 116 Å². The third kappa shape index (κ3) is 10.4. The van der Waals surface area contributed by atoms with E-state index in [-0.39, 0.29) is 12.5 Å². The molecule has 0 aliphatic carbocycles. The van der Waals surface area contributed by atoms with Gasteiger partial charge in [-0.25, -0.2) is 0 Å². The van der Waals surface area contributed by atoms with Gasteiger partial charge in [0, 0.05) is 13.0 Å². The first-order valence-electron chi connectivity index (χ1n) is 9.93. The molecular formula is C19H36O7. The van der Waals surface area contributed by atoms with Gasteiger partial charge in [0.2, 0.25) is 0 Å². The largest absolute Gasteiger partial charge is 0.481 e. The summed E-state index contributed by atoms with van der Waals surface area (Å²) < 4.78 is 11.0. The average molecular weight is 376 g/mol. The molecule has 0 saturated carbocycles. The molecule has 1 fully saturated rings. The van der Waals surface area contributed by atoms with Gasteiger partial charge in [0.1, 0.15) is 6.10 Å². The normalized spacial score (nSPS) is 27.4. The Bertz CT molecular complexity index is 377. The Morgan fingerprint density at radius 3 is 2.23 bits per heavy atom. The fraction of sp³-hybridized carbons (Fsp3) is 0.947. The molecule has 1 rings (SSSR count). The zero-order valence-corrected chi connectivity index (χ0v) is 15.9. The Balaban J connectivity index is 1.87. The van der Waals surface area contributed by atoms with Gasteiger partial charge in [0.25, 0.3) is 0 Å². The van der Waals surface area contributed by atoms with E-state index in [1.54, 1.807) is 6.92 Å². The summed E-state index contributed by atoms with van der Waals surface area (Å²) in [5.74, 6) is -0.946. The van der Waals surface area contributed by atoms with Crippen LogP contribution in [0, 0.1) is 0 Å². The summed E-state index contributed by atoms with van der Waals surface area (Å²) in [6.07, 6.45) is 6.07. The number of hydrogen-bond donors (Lipinski definition) is 4. The van der Waals surface area contributed by atoms with Gasteiger partial charge in [-0.2, -0.15) is 0 Å². The van der Waals surface area contributed by atoms with Crippen molar-refractivity contribution in [2.45, 2.75) is 108 Å². The van der Waals surface area contributed by atoms with E-state index in [4.69, 9.17) is 14.6 Å². The van der Waals surface area contributed by atoms with Gasteiger partial charge in [0.05, 0.1) is 24.7 Å². The second-order valence-corrected chi connectivity index (χ2v) is 7.32. The number of aliphatic hydroxyl groups excluding tert-OH is 3. The summed E-state index contributed by atoms with van der Waals surface area (Å²) in [5.41, 5.74) is 0. The summed E-state index contributed by atoms with van der Waals surface area (Å²) in [4.78, 5) is 10.4. The van der Waals surface area contributed by atoms with E-state index in [1.165, 1.54) is 0 Å². The summed E-state index contributed by atoms with van der Waals surface area (Å²) in [6, 6.07) is 0. The van der Waals surface area contributed by atoms with Crippen molar-refractivity contribution in [3.05, 3.63) is 0 Å². The van der Waals surface area contributed by atoms with Crippen LogP contribution >= 0.6 is 0 Å². The number of aliphatic hydroxyl groups is 3. The molecule has 1 aliphatic rings. The third-order valence-electron chi connectivity index (χ3n) is 4.81. The van der Waals surface area contributed by atoms with Crippen LogP contribution in [-0.4, -0.2) is 63.7 Å². The van der Waals surface area contributed by atoms with Crippen molar-refractivity contribution in [2.75, 3.05) is 6.61 Å². The van der Waals surface area contributed by atoms with Crippen molar-refractivity contribution in [1.29, 1.82) is 0 Å². The highest BCUT2D eigenvalue weighted by Gasteiger charge is 2.34. The maximum atomic E-state index is 10.4. The molecule has 0 unspecified atom stereocenters. The van der Waals surface area contributed by atoms with Crippen LogP contribution in [0.1, 0.15) is 77.6 Å². The number of ether oxygens (including phenoxy) is 2. The lowest BCUT2D eigenvalue weighted by molar-refractivity contribution is -0.261. The molecule has 1 aliphatic heterocycles. The highest BCUT2D eigenvalue weighted by atomic mass is 16.7. The molecule has 4 N–H and O–H groups in total. The Morgan fingerprint density at radius 2 is 1.62 bits per heavy atom. The second kappa shape index (κ2) is 13.4. The van der Waals surface area contributed by atoms with Crippen molar-refractivity contribution in [3.63, 3.8) is 0 Å². The summed E-state index contributed by atoms with van der Waals surface area (Å²) in [5, 5.41) is 37.4. The lowest BCUT2D eigenvalue weighted by Crippen LogP contribution is -2.47. The summed E-state index contributed by atoms with van der Waals surface area (Å²) >= 11 is 0. The molecule has 0 aromatic heterocycles. The fourth-order valence-corrected chi connectivity index (χ4v) is 3.14. The third-order valence-corrected chi connectivity index (χ3v) is 4.81. The number of hydrogen-bond acceptors (Lipinski definition) is 6. The van der Waals surface area contributed by atoms with E-state index in [9.17, 15) is 20.1 Å². The summed E-state index contributed by atoms with van der Waals surface area (Å²) in [6.45, 7) is 2.33. The number of carboxylic acids is 1. The molecule has 26 heavy (non-hydrogen) atoms. The average Bonchev–Trinajstić information content (AvgIpc) is 2.56. The van der Waals surface area contributed by atoms with Crippen LogP contribution in [0.2, 0.25) is 0 Å². The van der Waals surface area contributed by atoms with Crippen molar-refractivity contribution >= 4 is 5.97 Å². The van der Waals surface area contributed by atoms with Crippen LogP contribution in [0.4, 0.5) is 0 Å². The fourth-order valence-electron chi connectivity index (χ4n) is 3.14. The van der Waals surface area contributed by atoms with Gasteiger partial charge >= 0.3 is 5.97 Å². The maximum absolute atomic E-state index is 10.4. The van der Waals surface area contributed by atoms with E-state index < -0.39 is 30.6 Å². The number of aliphatic carboxylic acids is 1. The predicted octanol–water partition coefficient (Wildman–Crippen LogP) is 2.21. The Morgan fingerprint density at radius 1 is 1.04 bits per heavy atom. The molecule has 0 spiro atoms. The van der Waals surface area contributed by atoms with Gasteiger partial charge in [-0.15, -0.1) is 0 Å². The minimum atomic E-state index is -0.946. The molecule has 1 saturated heterocycles. The molecule has 0 amide bonds. The molecule has 0 aromatic carbocycles. The van der Waals surface area contributed by atoms with E-state index in [0.717, 1.165) is 51.4 Å². The van der Waals surface area contributed by atoms with E-state index >= 15 is 0 Å². The van der Waals surface area contributed by atoms with E-state index in [2.05, 4.69) is 0 Å². The van der Waals surface area contributed by atoms with Crippen molar-refractivity contribution < 1.29 is 34.7 Å². The quantitative estimate of drug-likeness (QED) is 0.343. The van der Waals surface area contributed by atoms with Crippen LogP contribution in [0.3, 0.4) is 0 Å². The van der Waals surface area contributed by atoms with Gasteiger partial charge in [-0.1, -0.05) is 44.9 Å². The lowest BCUT2D eigenvalue weighted by Gasteiger charge is -2.35. The van der Waals surface area contributed by atoms with Crippen molar-refractivity contribution in [1.82, 2.24) is 0 Å². The number of carbonyl (C=O) groups is 1. The second-order valence-electron chi connectivity index (χ2n) is 7.32. The first-order valence-corrected chi connectivity index (χ1v) is 9.93. The molecule has 1 heterocycles. The highest BCUT2D eigenvalue weighted by Crippen LogP contribution is 2.21. The number of carboxylic acid groups (broad SMARTS) is 1. The van der Waals surface area contributed by atoms with Gasteiger partial charge in [-0.05, 0) is 19.8 Å². The molecule has 0 bridgehead atoms. The standard InChI is InChI=1S/C19H36O7/c1-14-16(21)13-17(22)19(26-14)25-11-9-7-5-3-2-4-6-8-10-15(20)12-18(23)24/h14-17,19-22H,2-13H2,1H3,(H,23,24)/t14-,15+,16+,17+,19+/m0/s1. The Kier molecular flexibility index (Phi) is 12.0. The zero-order chi connectivity index (χ0) is 19.4. The van der Waals surface area contributed by atoms with Gasteiger partial charge < -0.3 is 29.9 Å². The number of unbranched alkanes of at least 4 members (excludes halogenated alkanes) is 7. The molecule has 0 aromatic rings. The van der Waals surface area contributed by atoms with Crippen LogP contribution in [0.25, 0.3) is 0 Å². The Hall–Kier alpha value is -0.730. The summed E-state index contributed by atoms with van der Waals surface area (Å²) in [7, 11) is 0. The number of rotatable bonds is 14. The monoisotopic (exact) mass is 376 g/mol.